The van der Waals surface area contributed by atoms with Crippen LogP contribution in [0, 0.1) is 0 Å². The lowest BCUT2D eigenvalue weighted by Crippen LogP contribution is -2.34. The van der Waals surface area contributed by atoms with Crippen LogP contribution >= 0.6 is 0 Å². The zero-order chi connectivity index (χ0) is 17.5. The normalized spacial score (nSPS) is 13.1. The highest BCUT2D eigenvalue weighted by atomic mass is 32.2. The fraction of sp³-hybridized carbons (Fsp3) is 0.533. The summed E-state index contributed by atoms with van der Waals surface area (Å²) in [4.78, 5) is 11.4. The average Bonchev–Trinajstić information content (AvgIpc) is 2.52. The number of hydrogen-bond donors (Lipinski definition) is 0. The van der Waals surface area contributed by atoms with E-state index >= 15 is 0 Å². The Labute approximate surface area is 136 Å². The van der Waals surface area contributed by atoms with E-state index in [1.165, 1.54) is 21.3 Å². The van der Waals surface area contributed by atoms with Crippen LogP contribution < -0.4 is 0 Å². The van der Waals surface area contributed by atoms with E-state index in [9.17, 15) is 13.2 Å². The number of aryl methyl sites for hydroxylation is 1. The molecule has 0 aliphatic rings. The van der Waals surface area contributed by atoms with Crippen LogP contribution in [0.1, 0.15) is 22.3 Å². The van der Waals surface area contributed by atoms with E-state index in [0.29, 0.717) is 18.4 Å². The fourth-order valence-corrected chi connectivity index (χ4v) is 2.72. The molecule has 0 saturated carbocycles. The summed E-state index contributed by atoms with van der Waals surface area (Å²) in [6.07, 6.45) is 0.328. The van der Waals surface area contributed by atoms with Crippen molar-refractivity contribution in [3.8, 4) is 0 Å². The Balaban J connectivity index is 2.75. The quantitative estimate of drug-likeness (QED) is 0.379. The van der Waals surface area contributed by atoms with Crippen LogP contribution in [0.25, 0.3) is 0 Å². The molecule has 0 unspecified atom stereocenters. The summed E-state index contributed by atoms with van der Waals surface area (Å²) in [6, 6.07) is 6.85. The van der Waals surface area contributed by atoms with Crippen molar-refractivity contribution in [2.75, 3.05) is 27.6 Å². The fourth-order valence-electron chi connectivity index (χ4n) is 2.09. The summed E-state index contributed by atoms with van der Waals surface area (Å²) in [5.41, 5.74) is 1.37. The molecule has 0 aliphatic carbocycles. The number of hydrogen-bond acceptors (Lipinski definition) is 7. The summed E-state index contributed by atoms with van der Waals surface area (Å²) in [7, 11) is 0.512. The Morgan fingerprint density at radius 1 is 1.09 bits per heavy atom. The first-order chi connectivity index (χ1) is 10.8. The largest absolute Gasteiger partial charge is 0.465 e. The maximum absolute atomic E-state index is 11.4. The molecular weight excluding hydrogens is 324 g/mol. The Morgan fingerprint density at radius 3 is 2.09 bits per heavy atom. The number of carbonyl (C=O) groups excluding carboxylic acids is 1. The minimum Gasteiger partial charge on any atom is -0.465 e. The monoisotopic (exact) mass is 346 g/mol. The summed E-state index contributed by atoms with van der Waals surface area (Å²) >= 11 is 0. The van der Waals surface area contributed by atoms with Gasteiger partial charge in [-0.2, -0.15) is 8.42 Å². The number of rotatable bonds is 9. The lowest BCUT2D eigenvalue weighted by atomic mass is 10.0. The standard InChI is InChI=1S/C15H22O7S/c1-19-14(16)12-8-5-11(6-9-12)7-10-13(15(20-2)21-3)22-23(4,17)18/h5-6,8-9,13,15H,7,10H2,1-4H3/t13-/m0/s1. The van der Waals surface area contributed by atoms with Gasteiger partial charge < -0.3 is 14.2 Å². The van der Waals surface area contributed by atoms with Crippen LogP contribution in [0.2, 0.25) is 0 Å². The second-order valence-electron chi connectivity index (χ2n) is 4.91. The number of benzene rings is 1. The van der Waals surface area contributed by atoms with Gasteiger partial charge in [0.15, 0.2) is 6.29 Å². The summed E-state index contributed by atoms with van der Waals surface area (Å²) < 4.78 is 42.6. The molecule has 0 N–H and O–H groups in total. The molecule has 0 aliphatic heterocycles. The number of methoxy groups -OCH3 is 3. The summed E-state index contributed by atoms with van der Waals surface area (Å²) in [5, 5.41) is 0. The zero-order valence-corrected chi connectivity index (χ0v) is 14.5. The first-order valence-electron chi connectivity index (χ1n) is 6.91. The molecule has 0 spiro atoms. The molecule has 0 saturated heterocycles. The van der Waals surface area contributed by atoms with Crippen molar-refractivity contribution in [3.63, 3.8) is 0 Å². The van der Waals surface area contributed by atoms with Crippen molar-refractivity contribution in [3.05, 3.63) is 35.4 Å². The van der Waals surface area contributed by atoms with Gasteiger partial charge in [0.1, 0.15) is 6.10 Å². The van der Waals surface area contributed by atoms with E-state index in [1.54, 1.807) is 24.3 Å². The van der Waals surface area contributed by atoms with Gasteiger partial charge in [-0.15, -0.1) is 0 Å². The molecule has 1 atom stereocenters. The molecule has 8 heteroatoms. The first-order valence-corrected chi connectivity index (χ1v) is 8.73. The predicted molar refractivity (Wildman–Crippen MR) is 83.6 cm³/mol. The van der Waals surface area contributed by atoms with E-state index in [-0.39, 0.29) is 0 Å². The van der Waals surface area contributed by atoms with Crippen molar-refractivity contribution in [2.24, 2.45) is 0 Å². The van der Waals surface area contributed by atoms with Gasteiger partial charge in [-0.05, 0) is 30.5 Å². The Hall–Kier alpha value is -1.48. The Morgan fingerprint density at radius 2 is 1.65 bits per heavy atom. The topological polar surface area (TPSA) is 88.1 Å². The molecule has 7 nitrogen and oxygen atoms in total. The molecular formula is C15H22O7S. The number of ether oxygens (including phenoxy) is 3. The van der Waals surface area contributed by atoms with Crippen LogP contribution in [0.3, 0.4) is 0 Å². The molecule has 23 heavy (non-hydrogen) atoms. The zero-order valence-electron chi connectivity index (χ0n) is 13.6. The highest BCUT2D eigenvalue weighted by Gasteiger charge is 2.25. The highest BCUT2D eigenvalue weighted by molar-refractivity contribution is 7.86. The van der Waals surface area contributed by atoms with E-state index in [2.05, 4.69) is 4.74 Å². The molecule has 130 valence electrons. The van der Waals surface area contributed by atoms with Crippen LogP contribution in [0.5, 0.6) is 0 Å². The second kappa shape index (κ2) is 8.97. The molecule has 0 radical (unpaired) electrons. The van der Waals surface area contributed by atoms with E-state index in [0.717, 1.165) is 11.8 Å². The van der Waals surface area contributed by atoms with Gasteiger partial charge in [0.05, 0.1) is 18.9 Å². The van der Waals surface area contributed by atoms with Crippen molar-refractivity contribution < 1.29 is 31.6 Å². The molecule has 0 bridgehead atoms. The molecule has 1 rings (SSSR count). The second-order valence-corrected chi connectivity index (χ2v) is 6.51. The summed E-state index contributed by atoms with van der Waals surface area (Å²) in [6.45, 7) is 0. The third-order valence-corrected chi connectivity index (χ3v) is 3.76. The van der Waals surface area contributed by atoms with Crippen molar-refractivity contribution in [1.82, 2.24) is 0 Å². The highest BCUT2D eigenvalue weighted by Crippen LogP contribution is 2.16. The molecule has 0 amide bonds. The van der Waals surface area contributed by atoms with Crippen LogP contribution in [-0.2, 0) is 34.9 Å². The number of carbonyl (C=O) groups is 1. The van der Waals surface area contributed by atoms with Gasteiger partial charge in [-0.25, -0.2) is 4.79 Å². The molecule has 0 fully saturated rings. The Bertz CT molecular complexity index is 591. The van der Waals surface area contributed by atoms with Gasteiger partial charge in [0, 0.05) is 14.2 Å². The van der Waals surface area contributed by atoms with E-state index in [1.807, 2.05) is 0 Å². The summed E-state index contributed by atoms with van der Waals surface area (Å²) in [5.74, 6) is -0.409. The molecule has 1 aromatic rings. The van der Waals surface area contributed by atoms with Gasteiger partial charge in [0.25, 0.3) is 10.1 Å². The van der Waals surface area contributed by atoms with Gasteiger partial charge in [-0.3, -0.25) is 4.18 Å². The van der Waals surface area contributed by atoms with Gasteiger partial charge >= 0.3 is 5.97 Å². The average molecular weight is 346 g/mol. The Kier molecular flexibility index (Phi) is 7.63. The smallest absolute Gasteiger partial charge is 0.337 e. The molecule has 1 aromatic carbocycles. The van der Waals surface area contributed by atoms with Crippen molar-refractivity contribution in [1.29, 1.82) is 0 Å². The van der Waals surface area contributed by atoms with Crippen LogP contribution in [-0.4, -0.2) is 54.4 Å². The first kappa shape index (κ1) is 19.6. The van der Waals surface area contributed by atoms with E-state index in [4.69, 9.17) is 13.7 Å². The minimum atomic E-state index is -3.64. The van der Waals surface area contributed by atoms with Crippen molar-refractivity contribution in [2.45, 2.75) is 25.2 Å². The van der Waals surface area contributed by atoms with Crippen LogP contribution in [0.4, 0.5) is 0 Å². The van der Waals surface area contributed by atoms with Crippen molar-refractivity contribution >= 4 is 16.1 Å². The van der Waals surface area contributed by atoms with Gasteiger partial charge in [-0.1, -0.05) is 12.1 Å². The molecule has 0 aromatic heterocycles. The lowest BCUT2D eigenvalue weighted by Gasteiger charge is -2.23. The maximum Gasteiger partial charge on any atom is 0.337 e. The molecule has 0 heterocycles. The minimum absolute atomic E-state index is 0.372. The SMILES string of the molecule is COC(=O)c1ccc(CC[C@H](OS(C)(=O)=O)C(OC)OC)cc1. The lowest BCUT2D eigenvalue weighted by molar-refractivity contribution is -0.156. The van der Waals surface area contributed by atoms with E-state index < -0.39 is 28.5 Å². The predicted octanol–water partition coefficient (Wildman–Crippen LogP) is 1.37. The maximum atomic E-state index is 11.4. The van der Waals surface area contributed by atoms with Crippen LogP contribution in [0.15, 0.2) is 24.3 Å². The number of esters is 1. The third-order valence-electron chi connectivity index (χ3n) is 3.16. The third kappa shape index (κ3) is 6.66. The van der Waals surface area contributed by atoms with Gasteiger partial charge in [0.2, 0.25) is 0 Å².